The van der Waals surface area contributed by atoms with Gasteiger partial charge in [-0.2, -0.15) is 0 Å². The van der Waals surface area contributed by atoms with Crippen LogP contribution in [0, 0.1) is 13.8 Å². The fourth-order valence-electron chi connectivity index (χ4n) is 2.51. The number of aryl methyl sites for hydroxylation is 1. The van der Waals surface area contributed by atoms with E-state index in [1.807, 2.05) is 22.9 Å². The molecule has 0 bridgehead atoms. The van der Waals surface area contributed by atoms with E-state index in [1.165, 1.54) is 11.3 Å². The molecule has 3 heterocycles. The Morgan fingerprint density at radius 1 is 1.32 bits per heavy atom. The molecular weight excluding hydrogens is 358 g/mol. The van der Waals surface area contributed by atoms with Crippen LogP contribution in [0.3, 0.4) is 0 Å². The highest BCUT2D eigenvalue weighted by atomic mass is 32.1. The van der Waals surface area contributed by atoms with Crippen LogP contribution in [-0.2, 0) is 4.74 Å². The molecule has 25 heavy (non-hydrogen) atoms. The molecule has 1 amide bonds. The largest absolute Gasteiger partial charge is 0.462 e. The van der Waals surface area contributed by atoms with Crippen LogP contribution in [0.2, 0.25) is 0 Å². The molecule has 0 aliphatic rings. The van der Waals surface area contributed by atoms with E-state index >= 15 is 0 Å². The molecule has 0 spiro atoms. The molecule has 3 aromatic rings. The number of carbonyl (C=O) groups is 2. The molecule has 0 unspecified atom stereocenters. The molecule has 0 atom stereocenters. The molecule has 2 N–H and O–H groups in total. The van der Waals surface area contributed by atoms with Crippen LogP contribution in [0.5, 0.6) is 0 Å². The van der Waals surface area contributed by atoms with Crippen LogP contribution in [0.15, 0.2) is 22.9 Å². The second-order valence-corrected chi connectivity index (χ2v) is 7.12. The van der Waals surface area contributed by atoms with Crippen molar-refractivity contribution in [2.45, 2.75) is 20.8 Å². The predicted octanol–water partition coefficient (Wildman–Crippen LogP) is 4.25. The molecule has 8 heteroatoms. The van der Waals surface area contributed by atoms with Gasteiger partial charge in [-0.1, -0.05) is 6.07 Å². The van der Waals surface area contributed by atoms with Crippen LogP contribution in [0.1, 0.15) is 39.0 Å². The van der Waals surface area contributed by atoms with Crippen molar-refractivity contribution in [1.29, 1.82) is 0 Å². The predicted molar refractivity (Wildman–Crippen MR) is 99.6 cm³/mol. The van der Waals surface area contributed by atoms with E-state index in [0.717, 1.165) is 10.6 Å². The van der Waals surface area contributed by atoms with Gasteiger partial charge in [0.25, 0.3) is 5.91 Å². The summed E-state index contributed by atoms with van der Waals surface area (Å²) in [5, 5.41) is 7.18. The lowest BCUT2D eigenvalue weighted by Crippen LogP contribution is -2.14. The molecule has 0 fully saturated rings. The zero-order chi connectivity index (χ0) is 18.0. The maximum absolute atomic E-state index is 12.6. The van der Waals surface area contributed by atoms with Gasteiger partial charge in [0.1, 0.15) is 5.69 Å². The standard InChI is InChI=1S/C17H17N3O3S2/c1-4-23-16(22)13-9(2)14(18-10(13)3)15(21)20-17-19-11(8-25-17)12-6-5-7-24-12/h5-8,18H,4H2,1-3H3,(H,19,20,21). The summed E-state index contributed by atoms with van der Waals surface area (Å²) in [5.74, 6) is -0.759. The van der Waals surface area contributed by atoms with Crippen molar-refractivity contribution >= 4 is 39.7 Å². The second kappa shape index (κ2) is 7.20. The Bertz CT molecular complexity index is 910. The summed E-state index contributed by atoms with van der Waals surface area (Å²) in [6.45, 7) is 5.50. The number of carbonyl (C=O) groups excluding carboxylic acids is 2. The van der Waals surface area contributed by atoms with Crippen molar-refractivity contribution in [2.75, 3.05) is 11.9 Å². The van der Waals surface area contributed by atoms with Gasteiger partial charge < -0.3 is 9.72 Å². The number of H-pyrrole nitrogens is 1. The van der Waals surface area contributed by atoms with Gasteiger partial charge >= 0.3 is 5.97 Å². The summed E-state index contributed by atoms with van der Waals surface area (Å²) in [6.07, 6.45) is 0. The van der Waals surface area contributed by atoms with Crippen molar-refractivity contribution in [3.05, 3.63) is 45.4 Å². The zero-order valence-electron chi connectivity index (χ0n) is 14.0. The van der Waals surface area contributed by atoms with Crippen LogP contribution < -0.4 is 5.32 Å². The van der Waals surface area contributed by atoms with E-state index in [0.29, 0.717) is 27.6 Å². The molecule has 130 valence electrons. The normalized spacial score (nSPS) is 10.7. The first-order chi connectivity index (χ1) is 12.0. The number of ether oxygens (including phenoxy) is 1. The maximum Gasteiger partial charge on any atom is 0.340 e. The van der Waals surface area contributed by atoms with Gasteiger partial charge in [-0.3, -0.25) is 10.1 Å². The number of anilines is 1. The average Bonchev–Trinajstić information content (AvgIpc) is 3.28. The van der Waals surface area contributed by atoms with E-state index < -0.39 is 5.97 Å². The Morgan fingerprint density at radius 3 is 2.80 bits per heavy atom. The highest BCUT2D eigenvalue weighted by molar-refractivity contribution is 7.16. The third-order valence-electron chi connectivity index (χ3n) is 3.64. The zero-order valence-corrected chi connectivity index (χ0v) is 15.6. The highest BCUT2D eigenvalue weighted by Crippen LogP contribution is 2.29. The Hall–Kier alpha value is -2.45. The number of hydrogen-bond acceptors (Lipinski definition) is 6. The van der Waals surface area contributed by atoms with Gasteiger partial charge in [0, 0.05) is 11.1 Å². The Balaban J connectivity index is 1.80. The van der Waals surface area contributed by atoms with E-state index in [-0.39, 0.29) is 12.5 Å². The summed E-state index contributed by atoms with van der Waals surface area (Å²) in [6, 6.07) is 3.94. The molecular formula is C17H17N3O3S2. The number of esters is 1. The van der Waals surface area contributed by atoms with Gasteiger partial charge in [0.05, 0.1) is 22.7 Å². The van der Waals surface area contributed by atoms with E-state index in [2.05, 4.69) is 15.3 Å². The van der Waals surface area contributed by atoms with Crippen molar-refractivity contribution in [2.24, 2.45) is 0 Å². The fourth-order valence-corrected chi connectivity index (χ4v) is 3.98. The lowest BCUT2D eigenvalue weighted by molar-refractivity contribution is 0.0525. The highest BCUT2D eigenvalue weighted by Gasteiger charge is 2.23. The van der Waals surface area contributed by atoms with Crippen LogP contribution >= 0.6 is 22.7 Å². The average molecular weight is 375 g/mol. The number of aromatic amines is 1. The van der Waals surface area contributed by atoms with Gasteiger partial charge in [0.2, 0.25) is 0 Å². The van der Waals surface area contributed by atoms with Crippen molar-refractivity contribution < 1.29 is 14.3 Å². The number of thiazole rings is 1. The summed E-state index contributed by atoms with van der Waals surface area (Å²) < 4.78 is 5.05. The molecule has 0 radical (unpaired) electrons. The number of aromatic nitrogens is 2. The monoisotopic (exact) mass is 375 g/mol. The minimum Gasteiger partial charge on any atom is -0.462 e. The lowest BCUT2D eigenvalue weighted by atomic mass is 10.1. The maximum atomic E-state index is 12.6. The first-order valence-electron chi connectivity index (χ1n) is 7.68. The van der Waals surface area contributed by atoms with E-state index in [4.69, 9.17) is 4.74 Å². The van der Waals surface area contributed by atoms with Crippen molar-refractivity contribution in [1.82, 2.24) is 9.97 Å². The van der Waals surface area contributed by atoms with Gasteiger partial charge in [-0.15, -0.1) is 22.7 Å². The summed E-state index contributed by atoms with van der Waals surface area (Å²) in [5.41, 5.74) is 2.77. The van der Waals surface area contributed by atoms with Gasteiger partial charge in [0.15, 0.2) is 5.13 Å². The summed E-state index contributed by atoms with van der Waals surface area (Å²) >= 11 is 2.95. The Labute approximate surface area is 152 Å². The van der Waals surface area contributed by atoms with Gasteiger partial charge in [-0.05, 0) is 37.8 Å². The van der Waals surface area contributed by atoms with Crippen LogP contribution in [-0.4, -0.2) is 28.5 Å². The summed E-state index contributed by atoms with van der Waals surface area (Å²) in [7, 11) is 0. The molecule has 0 aromatic carbocycles. The number of thiophene rings is 1. The van der Waals surface area contributed by atoms with Crippen molar-refractivity contribution in [3.8, 4) is 10.6 Å². The minimum atomic E-state index is -0.429. The molecule has 3 rings (SSSR count). The third-order valence-corrected chi connectivity index (χ3v) is 5.29. The molecule has 6 nitrogen and oxygen atoms in total. The SMILES string of the molecule is CCOC(=O)c1c(C)[nH]c(C(=O)Nc2nc(-c3cccs3)cs2)c1C. The quantitative estimate of drug-likeness (QED) is 0.653. The first kappa shape index (κ1) is 17.4. The molecule has 3 aromatic heterocycles. The topological polar surface area (TPSA) is 84.1 Å². The number of hydrogen-bond donors (Lipinski definition) is 2. The molecule has 0 saturated carbocycles. The number of amides is 1. The third kappa shape index (κ3) is 3.49. The Kier molecular flexibility index (Phi) is 5.00. The molecule has 0 aliphatic carbocycles. The van der Waals surface area contributed by atoms with Gasteiger partial charge in [-0.25, -0.2) is 9.78 Å². The first-order valence-corrected chi connectivity index (χ1v) is 9.44. The lowest BCUT2D eigenvalue weighted by Gasteiger charge is -2.03. The van der Waals surface area contributed by atoms with Crippen LogP contribution in [0.4, 0.5) is 5.13 Å². The van der Waals surface area contributed by atoms with E-state index in [1.54, 1.807) is 32.1 Å². The number of nitrogens with one attached hydrogen (secondary N) is 2. The number of rotatable bonds is 5. The second-order valence-electron chi connectivity index (χ2n) is 5.31. The Morgan fingerprint density at radius 2 is 2.12 bits per heavy atom. The molecule has 0 aliphatic heterocycles. The van der Waals surface area contributed by atoms with E-state index in [9.17, 15) is 9.59 Å². The fraction of sp³-hybridized carbons (Fsp3) is 0.235. The number of nitrogens with zero attached hydrogens (tertiary/aromatic N) is 1. The minimum absolute atomic E-state index is 0.287. The van der Waals surface area contributed by atoms with Crippen LogP contribution in [0.25, 0.3) is 10.6 Å². The van der Waals surface area contributed by atoms with Crippen molar-refractivity contribution in [3.63, 3.8) is 0 Å². The molecule has 0 saturated heterocycles. The smallest absolute Gasteiger partial charge is 0.340 e. The summed E-state index contributed by atoms with van der Waals surface area (Å²) in [4.78, 5) is 33.0.